The van der Waals surface area contributed by atoms with Gasteiger partial charge in [0.15, 0.2) is 0 Å². The van der Waals surface area contributed by atoms with Gasteiger partial charge in [-0.05, 0) is 24.7 Å². The zero-order valence-electron chi connectivity index (χ0n) is 12.7. The summed E-state index contributed by atoms with van der Waals surface area (Å²) in [7, 11) is 1.71. The van der Waals surface area contributed by atoms with E-state index in [1.807, 2.05) is 13.8 Å². The molecule has 2 fully saturated rings. The lowest BCUT2D eigenvalue weighted by atomic mass is 9.82. The molecule has 6 nitrogen and oxygen atoms in total. The van der Waals surface area contributed by atoms with Crippen molar-refractivity contribution >= 4 is 23.8 Å². The molecule has 1 saturated heterocycles. The second kappa shape index (κ2) is 6.44. The number of aliphatic hydroxyl groups excluding tert-OH is 1. The number of carbonyl (C=O) groups is 2. The Morgan fingerprint density at radius 2 is 2.00 bits per heavy atom. The number of hydrogen-bond donors (Lipinski definition) is 2. The van der Waals surface area contributed by atoms with E-state index in [9.17, 15) is 19.8 Å². The number of urea groups is 1. The molecule has 0 bridgehead atoms. The van der Waals surface area contributed by atoms with Gasteiger partial charge in [0.1, 0.15) is 6.04 Å². The molecule has 2 unspecified atom stereocenters. The molecule has 1 heterocycles. The standard InChI is InChI=1S/C14H24N2O4S/c1-8(2)12-16(11(7-21-12)13(18)19)14(20)15(3)6-9-4-10(17)5-9/h8-12,17H,4-7H2,1-3H3,(H,18,19). The molecule has 2 rings (SSSR count). The van der Waals surface area contributed by atoms with Crippen LogP contribution in [0.5, 0.6) is 0 Å². The number of rotatable bonds is 4. The molecule has 0 aromatic rings. The first-order valence-electron chi connectivity index (χ1n) is 7.37. The van der Waals surface area contributed by atoms with Crippen molar-refractivity contribution in [3.8, 4) is 0 Å². The topological polar surface area (TPSA) is 81.1 Å². The number of amides is 2. The Balaban J connectivity index is 2.03. The van der Waals surface area contributed by atoms with Crippen LogP contribution in [0.2, 0.25) is 0 Å². The fraction of sp³-hybridized carbons (Fsp3) is 0.857. The Labute approximate surface area is 129 Å². The van der Waals surface area contributed by atoms with Crippen LogP contribution in [-0.4, -0.2) is 68.9 Å². The third kappa shape index (κ3) is 3.45. The first-order chi connectivity index (χ1) is 9.81. The van der Waals surface area contributed by atoms with Crippen LogP contribution in [0.3, 0.4) is 0 Å². The molecule has 0 radical (unpaired) electrons. The number of thioether (sulfide) groups is 1. The molecule has 1 aliphatic heterocycles. The first kappa shape index (κ1) is 16.4. The molecule has 2 amide bonds. The van der Waals surface area contributed by atoms with Crippen LogP contribution in [0.25, 0.3) is 0 Å². The van der Waals surface area contributed by atoms with E-state index < -0.39 is 12.0 Å². The zero-order chi connectivity index (χ0) is 15.7. The summed E-state index contributed by atoms with van der Waals surface area (Å²) in [5.74, 6) is 0.0403. The Hall–Kier alpha value is -0.950. The Morgan fingerprint density at radius 1 is 1.38 bits per heavy atom. The number of carboxylic acids is 1. The van der Waals surface area contributed by atoms with Gasteiger partial charge in [-0.3, -0.25) is 4.90 Å². The molecule has 0 spiro atoms. The number of aliphatic carboxylic acids is 1. The molecule has 1 saturated carbocycles. The van der Waals surface area contributed by atoms with E-state index >= 15 is 0 Å². The van der Waals surface area contributed by atoms with Gasteiger partial charge in [-0.2, -0.15) is 0 Å². The lowest BCUT2D eigenvalue weighted by Crippen LogP contribution is -2.53. The third-order valence-corrected chi connectivity index (χ3v) is 5.80. The molecule has 7 heteroatoms. The first-order valence-corrected chi connectivity index (χ1v) is 8.42. The molecule has 0 aromatic carbocycles. The molecular weight excluding hydrogens is 292 g/mol. The quantitative estimate of drug-likeness (QED) is 0.817. The monoisotopic (exact) mass is 316 g/mol. The lowest BCUT2D eigenvalue weighted by Gasteiger charge is -2.38. The summed E-state index contributed by atoms with van der Waals surface area (Å²) in [6, 6.07) is -0.961. The highest BCUT2D eigenvalue weighted by Crippen LogP contribution is 2.35. The van der Waals surface area contributed by atoms with Gasteiger partial charge < -0.3 is 15.1 Å². The van der Waals surface area contributed by atoms with Crippen molar-refractivity contribution in [1.82, 2.24) is 9.80 Å². The van der Waals surface area contributed by atoms with Gasteiger partial charge in [-0.25, -0.2) is 9.59 Å². The normalized spacial score (nSPS) is 32.1. The highest BCUT2D eigenvalue weighted by molar-refractivity contribution is 8.00. The predicted octanol–water partition coefficient (Wildman–Crippen LogP) is 1.29. The van der Waals surface area contributed by atoms with E-state index in [1.54, 1.807) is 11.9 Å². The fourth-order valence-corrected chi connectivity index (χ4v) is 4.45. The fourth-order valence-electron chi connectivity index (χ4n) is 2.99. The minimum atomic E-state index is -0.938. The number of nitrogens with zero attached hydrogens (tertiary/aromatic N) is 2. The van der Waals surface area contributed by atoms with E-state index in [0.717, 1.165) is 12.8 Å². The van der Waals surface area contributed by atoms with Crippen molar-refractivity contribution < 1.29 is 19.8 Å². The lowest BCUT2D eigenvalue weighted by molar-refractivity contribution is -0.141. The van der Waals surface area contributed by atoms with E-state index in [4.69, 9.17) is 0 Å². The van der Waals surface area contributed by atoms with E-state index in [0.29, 0.717) is 18.2 Å². The predicted molar refractivity (Wildman–Crippen MR) is 81.1 cm³/mol. The van der Waals surface area contributed by atoms with Crippen LogP contribution in [-0.2, 0) is 4.79 Å². The molecule has 2 aliphatic rings. The molecule has 21 heavy (non-hydrogen) atoms. The van der Waals surface area contributed by atoms with Gasteiger partial charge in [0.2, 0.25) is 0 Å². The van der Waals surface area contributed by atoms with Crippen molar-refractivity contribution in [3.05, 3.63) is 0 Å². The smallest absolute Gasteiger partial charge is 0.327 e. The van der Waals surface area contributed by atoms with E-state index in [-0.39, 0.29) is 23.4 Å². The van der Waals surface area contributed by atoms with Crippen molar-refractivity contribution in [2.24, 2.45) is 11.8 Å². The van der Waals surface area contributed by atoms with E-state index in [1.165, 1.54) is 16.7 Å². The van der Waals surface area contributed by atoms with E-state index in [2.05, 4.69) is 0 Å². The Morgan fingerprint density at radius 3 is 2.48 bits per heavy atom. The van der Waals surface area contributed by atoms with Gasteiger partial charge in [-0.1, -0.05) is 13.8 Å². The summed E-state index contributed by atoms with van der Waals surface area (Å²) in [6.07, 6.45) is 1.21. The summed E-state index contributed by atoms with van der Waals surface area (Å²) < 4.78 is 0. The van der Waals surface area contributed by atoms with Crippen molar-refractivity contribution in [3.63, 3.8) is 0 Å². The number of hydrogen-bond acceptors (Lipinski definition) is 4. The average Bonchev–Trinajstić information content (AvgIpc) is 2.80. The Bertz CT molecular complexity index is 412. The highest BCUT2D eigenvalue weighted by atomic mass is 32.2. The number of carboxylic acid groups (broad SMARTS) is 1. The summed E-state index contributed by atoms with van der Waals surface area (Å²) >= 11 is 1.54. The summed E-state index contributed by atoms with van der Waals surface area (Å²) in [6.45, 7) is 4.59. The van der Waals surface area contributed by atoms with Gasteiger partial charge in [0, 0.05) is 19.3 Å². The molecule has 0 aromatic heterocycles. The van der Waals surface area contributed by atoms with Crippen LogP contribution in [0.1, 0.15) is 26.7 Å². The SMILES string of the molecule is CC(C)C1SCC(C(=O)O)N1C(=O)N(C)CC1CC(O)C1. The average molecular weight is 316 g/mol. The summed E-state index contributed by atoms with van der Waals surface area (Å²) in [5.41, 5.74) is 0. The van der Waals surface area contributed by atoms with Crippen molar-refractivity contribution in [1.29, 1.82) is 0 Å². The third-order valence-electron chi connectivity index (χ3n) is 4.18. The molecular formula is C14H24N2O4S. The largest absolute Gasteiger partial charge is 0.480 e. The Kier molecular flexibility index (Phi) is 5.03. The van der Waals surface area contributed by atoms with Crippen LogP contribution in [0.4, 0.5) is 4.79 Å². The second-order valence-corrected chi connectivity index (χ2v) is 7.53. The summed E-state index contributed by atoms with van der Waals surface area (Å²) in [5, 5.41) is 18.6. The van der Waals surface area contributed by atoms with Gasteiger partial charge in [0.05, 0.1) is 11.5 Å². The van der Waals surface area contributed by atoms with Gasteiger partial charge in [0.25, 0.3) is 0 Å². The molecule has 2 atom stereocenters. The molecule has 1 aliphatic carbocycles. The molecule has 2 N–H and O–H groups in total. The van der Waals surface area contributed by atoms with Gasteiger partial charge >= 0.3 is 12.0 Å². The minimum Gasteiger partial charge on any atom is -0.480 e. The summed E-state index contributed by atoms with van der Waals surface area (Å²) in [4.78, 5) is 27.2. The minimum absolute atomic E-state index is 0.0898. The second-order valence-electron chi connectivity index (χ2n) is 6.38. The van der Waals surface area contributed by atoms with Crippen LogP contribution >= 0.6 is 11.8 Å². The van der Waals surface area contributed by atoms with Crippen LogP contribution in [0, 0.1) is 11.8 Å². The van der Waals surface area contributed by atoms with Crippen molar-refractivity contribution in [2.75, 3.05) is 19.3 Å². The maximum atomic E-state index is 12.6. The maximum absolute atomic E-state index is 12.6. The highest BCUT2D eigenvalue weighted by Gasteiger charge is 2.44. The van der Waals surface area contributed by atoms with Crippen molar-refractivity contribution in [2.45, 2.75) is 44.2 Å². The maximum Gasteiger partial charge on any atom is 0.327 e. The van der Waals surface area contributed by atoms with Crippen LogP contribution < -0.4 is 0 Å². The number of carbonyl (C=O) groups excluding carboxylic acids is 1. The zero-order valence-corrected chi connectivity index (χ0v) is 13.5. The van der Waals surface area contributed by atoms with Crippen LogP contribution in [0.15, 0.2) is 0 Å². The van der Waals surface area contributed by atoms with Gasteiger partial charge in [-0.15, -0.1) is 11.8 Å². The number of aliphatic hydroxyl groups is 1. The molecule has 120 valence electrons.